The molecule has 1 heterocycles. The van der Waals surface area contributed by atoms with Gasteiger partial charge in [-0.25, -0.2) is 9.78 Å². The van der Waals surface area contributed by atoms with Crippen molar-refractivity contribution in [1.29, 1.82) is 0 Å². The number of esters is 1. The molecule has 1 aromatic heterocycles. The summed E-state index contributed by atoms with van der Waals surface area (Å²) in [5.41, 5.74) is 3.89. The van der Waals surface area contributed by atoms with Crippen molar-refractivity contribution < 1.29 is 23.7 Å². The lowest BCUT2D eigenvalue weighted by atomic mass is 10.1. The first-order valence-electron chi connectivity index (χ1n) is 8.49. The molecule has 0 fully saturated rings. The molecule has 0 aliphatic heterocycles. The third kappa shape index (κ3) is 4.00. The summed E-state index contributed by atoms with van der Waals surface area (Å²) >= 11 is 1.53. The zero-order valence-electron chi connectivity index (χ0n) is 16.1. The summed E-state index contributed by atoms with van der Waals surface area (Å²) in [5, 5.41) is 2.82. The third-order valence-electron chi connectivity index (χ3n) is 4.23. The van der Waals surface area contributed by atoms with Crippen LogP contribution >= 0.6 is 11.3 Å². The van der Waals surface area contributed by atoms with E-state index in [9.17, 15) is 4.79 Å². The van der Waals surface area contributed by atoms with Crippen LogP contribution in [0.15, 0.2) is 41.8 Å². The lowest BCUT2D eigenvalue weighted by Gasteiger charge is -2.09. The Kier molecular flexibility index (Phi) is 6.28. The van der Waals surface area contributed by atoms with Crippen LogP contribution in [0.4, 0.5) is 0 Å². The minimum absolute atomic E-state index is 0.365. The highest BCUT2D eigenvalue weighted by Crippen LogP contribution is 2.33. The van der Waals surface area contributed by atoms with Gasteiger partial charge in [-0.05, 0) is 36.4 Å². The average Bonchev–Trinajstić information content (AvgIpc) is 3.23. The van der Waals surface area contributed by atoms with Gasteiger partial charge in [0.05, 0.1) is 33.6 Å². The minimum atomic E-state index is -0.450. The van der Waals surface area contributed by atoms with E-state index in [0.717, 1.165) is 33.1 Å². The summed E-state index contributed by atoms with van der Waals surface area (Å²) in [6, 6.07) is 11.2. The SMILES string of the molecule is COCc1cc(-c2nc(-c3ccc(OC)c(C(=O)OC)c3)cs2)ccc1OC. The van der Waals surface area contributed by atoms with Crippen molar-refractivity contribution in [3.05, 3.63) is 52.9 Å². The molecule has 3 aromatic rings. The second-order valence-corrected chi connectivity index (χ2v) is 6.76. The van der Waals surface area contributed by atoms with E-state index in [1.807, 2.05) is 29.6 Å². The second kappa shape index (κ2) is 8.86. The smallest absolute Gasteiger partial charge is 0.341 e. The molecule has 0 aliphatic carbocycles. The third-order valence-corrected chi connectivity index (χ3v) is 5.12. The molecule has 146 valence electrons. The Morgan fingerprint density at radius 1 is 0.964 bits per heavy atom. The maximum atomic E-state index is 12.0. The predicted molar refractivity (Wildman–Crippen MR) is 108 cm³/mol. The number of carbonyl (C=O) groups excluding carboxylic acids is 1. The highest BCUT2D eigenvalue weighted by Gasteiger charge is 2.16. The van der Waals surface area contributed by atoms with Gasteiger partial charge in [0.25, 0.3) is 0 Å². The molecule has 2 aromatic carbocycles. The fourth-order valence-corrected chi connectivity index (χ4v) is 3.68. The zero-order chi connectivity index (χ0) is 20.1. The highest BCUT2D eigenvalue weighted by molar-refractivity contribution is 7.13. The van der Waals surface area contributed by atoms with Gasteiger partial charge in [-0.2, -0.15) is 0 Å². The van der Waals surface area contributed by atoms with Gasteiger partial charge in [-0.3, -0.25) is 0 Å². The first-order valence-corrected chi connectivity index (χ1v) is 9.37. The van der Waals surface area contributed by atoms with Gasteiger partial charge in [-0.15, -0.1) is 11.3 Å². The maximum Gasteiger partial charge on any atom is 0.341 e. The van der Waals surface area contributed by atoms with Gasteiger partial charge >= 0.3 is 5.97 Å². The van der Waals surface area contributed by atoms with Crippen LogP contribution in [0.3, 0.4) is 0 Å². The van der Waals surface area contributed by atoms with E-state index in [1.165, 1.54) is 25.6 Å². The van der Waals surface area contributed by atoms with Crippen molar-refractivity contribution in [2.45, 2.75) is 6.61 Å². The molecular weight excluding hydrogens is 378 g/mol. The number of hydrogen-bond acceptors (Lipinski definition) is 7. The number of nitrogens with zero attached hydrogens (tertiary/aromatic N) is 1. The topological polar surface area (TPSA) is 66.9 Å². The van der Waals surface area contributed by atoms with Crippen molar-refractivity contribution >= 4 is 17.3 Å². The Balaban J connectivity index is 1.97. The van der Waals surface area contributed by atoms with Crippen LogP contribution in [0.25, 0.3) is 21.8 Å². The Morgan fingerprint density at radius 3 is 2.36 bits per heavy atom. The zero-order valence-corrected chi connectivity index (χ0v) is 17.0. The molecule has 0 amide bonds. The molecule has 0 N–H and O–H groups in total. The van der Waals surface area contributed by atoms with E-state index < -0.39 is 5.97 Å². The Hall–Kier alpha value is -2.90. The van der Waals surface area contributed by atoms with E-state index in [-0.39, 0.29) is 0 Å². The molecular formula is C21H21NO5S. The molecule has 0 bridgehead atoms. The van der Waals surface area contributed by atoms with Crippen LogP contribution in [-0.4, -0.2) is 39.4 Å². The number of methoxy groups -OCH3 is 4. The molecule has 6 nitrogen and oxygen atoms in total. The summed E-state index contributed by atoms with van der Waals surface area (Å²) < 4.78 is 20.7. The van der Waals surface area contributed by atoms with E-state index in [0.29, 0.717) is 17.9 Å². The molecule has 0 saturated heterocycles. The molecule has 3 rings (SSSR count). The van der Waals surface area contributed by atoms with Gasteiger partial charge in [0.15, 0.2) is 0 Å². The molecule has 7 heteroatoms. The standard InChI is InChI=1S/C21H21NO5S/c1-24-11-15-9-14(6-7-18(15)25-2)20-22-17(12-28-20)13-5-8-19(26-3)16(10-13)21(23)27-4/h5-10,12H,11H2,1-4H3. The number of thiazole rings is 1. The lowest BCUT2D eigenvalue weighted by Crippen LogP contribution is -2.04. The summed E-state index contributed by atoms with van der Waals surface area (Å²) in [5.74, 6) is 0.791. The number of aromatic nitrogens is 1. The predicted octanol–water partition coefficient (Wildman–Crippen LogP) is 4.43. The molecule has 0 spiro atoms. The Bertz CT molecular complexity index is 983. The van der Waals surface area contributed by atoms with Crippen LogP contribution in [0.2, 0.25) is 0 Å². The molecule has 0 atom stereocenters. The van der Waals surface area contributed by atoms with Crippen LogP contribution < -0.4 is 9.47 Å². The number of ether oxygens (including phenoxy) is 4. The van der Waals surface area contributed by atoms with Gasteiger partial charge in [0.1, 0.15) is 22.1 Å². The van der Waals surface area contributed by atoms with Gasteiger partial charge in [-0.1, -0.05) is 0 Å². The molecule has 0 unspecified atom stereocenters. The molecule has 28 heavy (non-hydrogen) atoms. The average molecular weight is 399 g/mol. The number of hydrogen-bond donors (Lipinski definition) is 0. The molecule has 0 radical (unpaired) electrons. The van der Waals surface area contributed by atoms with Crippen molar-refractivity contribution in [1.82, 2.24) is 4.98 Å². The summed E-state index contributed by atoms with van der Waals surface area (Å²) in [4.78, 5) is 16.8. The largest absolute Gasteiger partial charge is 0.496 e. The Labute approximate surface area is 167 Å². The van der Waals surface area contributed by atoms with Crippen molar-refractivity contribution in [3.8, 4) is 33.3 Å². The van der Waals surface area contributed by atoms with E-state index in [1.54, 1.807) is 26.4 Å². The number of carbonyl (C=O) groups is 1. The van der Waals surface area contributed by atoms with Crippen molar-refractivity contribution in [3.63, 3.8) is 0 Å². The number of benzene rings is 2. The van der Waals surface area contributed by atoms with E-state index in [2.05, 4.69) is 0 Å². The van der Waals surface area contributed by atoms with Crippen LogP contribution in [0, 0.1) is 0 Å². The van der Waals surface area contributed by atoms with E-state index >= 15 is 0 Å². The fraction of sp³-hybridized carbons (Fsp3) is 0.238. The van der Waals surface area contributed by atoms with Crippen LogP contribution in [0.1, 0.15) is 15.9 Å². The molecule has 0 aliphatic rings. The first kappa shape index (κ1) is 19.9. The van der Waals surface area contributed by atoms with Gasteiger partial charge in [0, 0.05) is 29.2 Å². The van der Waals surface area contributed by atoms with E-state index in [4.69, 9.17) is 23.9 Å². The minimum Gasteiger partial charge on any atom is -0.496 e. The highest BCUT2D eigenvalue weighted by atomic mass is 32.1. The summed E-state index contributed by atoms with van der Waals surface area (Å²) in [7, 11) is 6.15. The molecule has 0 saturated carbocycles. The Morgan fingerprint density at radius 2 is 1.68 bits per heavy atom. The summed E-state index contributed by atoms with van der Waals surface area (Å²) in [6.07, 6.45) is 0. The maximum absolute atomic E-state index is 12.0. The number of rotatable bonds is 7. The fourth-order valence-electron chi connectivity index (χ4n) is 2.86. The van der Waals surface area contributed by atoms with Crippen LogP contribution in [-0.2, 0) is 16.1 Å². The monoisotopic (exact) mass is 399 g/mol. The lowest BCUT2D eigenvalue weighted by molar-refractivity contribution is 0.0597. The quantitative estimate of drug-likeness (QED) is 0.548. The normalized spacial score (nSPS) is 10.6. The first-order chi connectivity index (χ1) is 13.6. The summed E-state index contributed by atoms with van der Waals surface area (Å²) in [6.45, 7) is 0.455. The van der Waals surface area contributed by atoms with Crippen LogP contribution in [0.5, 0.6) is 11.5 Å². The van der Waals surface area contributed by atoms with Crippen molar-refractivity contribution in [2.24, 2.45) is 0 Å². The second-order valence-electron chi connectivity index (χ2n) is 5.90. The van der Waals surface area contributed by atoms with Gasteiger partial charge in [0.2, 0.25) is 0 Å². The van der Waals surface area contributed by atoms with Gasteiger partial charge < -0.3 is 18.9 Å². The van der Waals surface area contributed by atoms with Crippen molar-refractivity contribution in [2.75, 3.05) is 28.4 Å².